The highest BCUT2D eigenvalue weighted by molar-refractivity contribution is 5.68. The van der Waals surface area contributed by atoms with Crippen LogP contribution in [0.3, 0.4) is 0 Å². The van der Waals surface area contributed by atoms with Gasteiger partial charge in [0.2, 0.25) is 5.88 Å². The molecule has 5 rings (SSSR count). The van der Waals surface area contributed by atoms with Gasteiger partial charge in [-0.3, -0.25) is 9.69 Å². The summed E-state index contributed by atoms with van der Waals surface area (Å²) in [4.78, 5) is 22.9. The Bertz CT molecular complexity index is 948. The van der Waals surface area contributed by atoms with Crippen LogP contribution < -0.4 is 10.1 Å². The number of nitrogens with zero attached hydrogens (tertiary/aromatic N) is 3. The minimum Gasteiger partial charge on any atom is -0.481 e. The third-order valence-electron chi connectivity index (χ3n) is 7.13. The zero-order valence-corrected chi connectivity index (χ0v) is 18.0. The number of nitrogens with one attached hydrogen (secondary N) is 1. The van der Waals surface area contributed by atoms with E-state index >= 15 is 0 Å². The van der Waals surface area contributed by atoms with Gasteiger partial charge >= 0.3 is 5.97 Å². The quantitative estimate of drug-likeness (QED) is 0.708. The standard InChI is InChI=1S/C24H30N4O3/c1-31-21-7-5-18(13-26-21)20(10-22(29)30)28-14-24(15-28)11-16(12-24)9-19-6-4-17-3-2-8-25-23(17)27-19/h4-7,13,16,20H,2-3,8-12,14-15H2,1H3,(H,25,27)(H,29,30). The number of carboxylic acid groups (broad SMARTS) is 1. The first-order chi connectivity index (χ1) is 15.0. The number of fused-ring (bicyclic) bond motifs is 1. The lowest BCUT2D eigenvalue weighted by Gasteiger charge is -2.61. The maximum atomic E-state index is 11.5. The topological polar surface area (TPSA) is 87.6 Å². The lowest BCUT2D eigenvalue weighted by molar-refractivity contribution is -0.145. The molecule has 2 fully saturated rings. The molecule has 0 bridgehead atoms. The summed E-state index contributed by atoms with van der Waals surface area (Å²) in [6.07, 6.45) is 7.60. The van der Waals surface area contributed by atoms with Crippen LogP contribution in [0, 0.1) is 11.3 Å². The van der Waals surface area contributed by atoms with E-state index in [9.17, 15) is 9.90 Å². The molecule has 164 valence electrons. The van der Waals surface area contributed by atoms with E-state index < -0.39 is 5.97 Å². The summed E-state index contributed by atoms with van der Waals surface area (Å²) in [6.45, 7) is 2.95. The predicted octanol–water partition coefficient (Wildman–Crippen LogP) is 3.31. The minimum atomic E-state index is -0.777. The van der Waals surface area contributed by atoms with E-state index in [4.69, 9.17) is 9.72 Å². The third kappa shape index (κ3) is 4.11. The maximum Gasteiger partial charge on any atom is 0.305 e. The first kappa shape index (κ1) is 20.2. The molecule has 1 aliphatic carbocycles. The molecule has 1 saturated carbocycles. The predicted molar refractivity (Wildman–Crippen MR) is 117 cm³/mol. The van der Waals surface area contributed by atoms with E-state index in [0.29, 0.717) is 17.2 Å². The average molecular weight is 423 g/mol. The van der Waals surface area contributed by atoms with Crippen molar-refractivity contribution in [2.75, 3.05) is 32.1 Å². The summed E-state index contributed by atoms with van der Waals surface area (Å²) in [5.41, 5.74) is 3.83. The monoisotopic (exact) mass is 422 g/mol. The van der Waals surface area contributed by atoms with E-state index in [-0.39, 0.29) is 12.5 Å². The van der Waals surface area contributed by atoms with Gasteiger partial charge in [0, 0.05) is 43.6 Å². The fourth-order valence-corrected chi connectivity index (χ4v) is 5.71. The van der Waals surface area contributed by atoms with Crippen LogP contribution in [-0.2, 0) is 17.6 Å². The number of aromatic nitrogens is 2. The van der Waals surface area contributed by atoms with E-state index in [1.807, 2.05) is 6.07 Å². The summed E-state index contributed by atoms with van der Waals surface area (Å²) in [7, 11) is 1.58. The smallest absolute Gasteiger partial charge is 0.305 e. The summed E-state index contributed by atoms with van der Waals surface area (Å²) >= 11 is 0. The number of anilines is 1. The van der Waals surface area contributed by atoms with Crippen molar-refractivity contribution in [1.82, 2.24) is 14.9 Å². The molecule has 2 aliphatic heterocycles. The summed E-state index contributed by atoms with van der Waals surface area (Å²) in [6, 6.07) is 8.05. The van der Waals surface area contributed by atoms with Gasteiger partial charge in [0.1, 0.15) is 5.82 Å². The average Bonchev–Trinajstić information content (AvgIpc) is 2.73. The van der Waals surface area contributed by atoms with Crippen molar-refractivity contribution < 1.29 is 14.6 Å². The van der Waals surface area contributed by atoms with Crippen molar-refractivity contribution >= 4 is 11.8 Å². The molecule has 2 N–H and O–H groups in total. The number of aryl methyl sites for hydroxylation is 1. The van der Waals surface area contributed by atoms with Gasteiger partial charge in [-0.05, 0) is 60.6 Å². The second-order valence-electron chi connectivity index (χ2n) is 9.47. The van der Waals surface area contributed by atoms with Gasteiger partial charge in [-0.15, -0.1) is 0 Å². The Kier molecular flexibility index (Phi) is 5.30. The molecule has 7 heteroatoms. The lowest BCUT2D eigenvalue weighted by atomic mass is 9.56. The highest BCUT2D eigenvalue weighted by Crippen LogP contribution is 2.55. The Morgan fingerprint density at radius 1 is 1.32 bits per heavy atom. The zero-order valence-electron chi connectivity index (χ0n) is 18.0. The number of hydrogen-bond acceptors (Lipinski definition) is 6. The van der Waals surface area contributed by atoms with Crippen molar-refractivity contribution in [2.24, 2.45) is 11.3 Å². The Balaban J connectivity index is 1.17. The number of methoxy groups -OCH3 is 1. The number of pyridine rings is 2. The van der Waals surface area contributed by atoms with Gasteiger partial charge in [0.15, 0.2) is 0 Å². The molecule has 2 aromatic rings. The largest absolute Gasteiger partial charge is 0.481 e. The number of likely N-dealkylation sites (tertiary alicyclic amines) is 1. The Labute approximate surface area is 182 Å². The van der Waals surface area contributed by atoms with Gasteiger partial charge < -0.3 is 15.2 Å². The van der Waals surface area contributed by atoms with Gasteiger partial charge in [0.25, 0.3) is 0 Å². The fraction of sp³-hybridized carbons (Fsp3) is 0.542. The van der Waals surface area contributed by atoms with Gasteiger partial charge in [0.05, 0.1) is 13.5 Å². The van der Waals surface area contributed by atoms with Crippen LogP contribution in [0.5, 0.6) is 5.88 Å². The molecule has 31 heavy (non-hydrogen) atoms. The Morgan fingerprint density at radius 3 is 2.87 bits per heavy atom. The molecule has 1 atom stereocenters. The van der Waals surface area contributed by atoms with Crippen LogP contribution in [0.25, 0.3) is 0 Å². The minimum absolute atomic E-state index is 0.0968. The molecule has 2 aromatic heterocycles. The molecule has 7 nitrogen and oxygen atoms in total. The maximum absolute atomic E-state index is 11.5. The highest BCUT2D eigenvalue weighted by Gasteiger charge is 2.53. The van der Waals surface area contributed by atoms with Crippen molar-refractivity contribution in [1.29, 1.82) is 0 Å². The fourth-order valence-electron chi connectivity index (χ4n) is 5.71. The van der Waals surface area contributed by atoms with Crippen molar-refractivity contribution in [3.8, 4) is 5.88 Å². The Hall–Kier alpha value is -2.67. The van der Waals surface area contributed by atoms with Crippen molar-refractivity contribution in [3.63, 3.8) is 0 Å². The molecule has 1 spiro atoms. The molecular weight excluding hydrogens is 392 g/mol. The van der Waals surface area contributed by atoms with E-state index in [1.165, 1.54) is 30.5 Å². The van der Waals surface area contributed by atoms with Crippen LogP contribution in [-0.4, -0.2) is 52.7 Å². The van der Waals surface area contributed by atoms with E-state index in [0.717, 1.165) is 43.9 Å². The number of rotatable bonds is 7. The molecule has 3 aliphatic rings. The molecule has 1 saturated heterocycles. The number of carbonyl (C=O) groups is 1. The zero-order chi connectivity index (χ0) is 21.4. The Morgan fingerprint density at radius 2 is 2.16 bits per heavy atom. The molecule has 4 heterocycles. The van der Waals surface area contributed by atoms with E-state index in [1.54, 1.807) is 19.4 Å². The first-order valence-electron chi connectivity index (χ1n) is 11.2. The second-order valence-corrected chi connectivity index (χ2v) is 9.47. The van der Waals surface area contributed by atoms with Crippen LogP contribution >= 0.6 is 0 Å². The van der Waals surface area contributed by atoms with Crippen LogP contribution in [0.1, 0.15) is 48.5 Å². The lowest BCUT2D eigenvalue weighted by Crippen LogP contribution is -2.63. The highest BCUT2D eigenvalue weighted by atomic mass is 16.5. The van der Waals surface area contributed by atoms with Gasteiger partial charge in [-0.25, -0.2) is 9.97 Å². The number of ether oxygens (including phenoxy) is 1. The van der Waals surface area contributed by atoms with E-state index in [2.05, 4.69) is 27.3 Å². The molecular formula is C24H30N4O3. The van der Waals surface area contributed by atoms with Crippen LogP contribution in [0.4, 0.5) is 5.82 Å². The molecule has 0 amide bonds. The summed E-state index contributed by atoms with van der Waals surface area (Å²) in [5, 5.41) is 12.9. The van der Waals surface area contributed by atoms with Gasteiger partial charge in [-0.2, -0.15) is 0 Å². The normalized spacial score (nSPS) is 20.8. The third-order valence-corrected chi connectivity index (χ3v) is 7.13. The number of hydrogen-bond donors (Lipinski definition) is 2. The summed E-state index contributed by atoms with van der Waals surface area (Å²) in [5.74, 6) is 1.53. The van der Waals surface area contributed by atoms with Crippen molar-refractivity contribution in [3.05, 3.63) is 47.3 Å². The van der Waals surface area contributed by atoms with Crippen LogP contribution in [0.15, 0.2) is 30.5 Å². The second kappa shape index (κ2) is 8.11. The first-order valence-corrected chi connectivity index (χ1v) is 11.2. The van der Waals surface area contributed by atoms with Crippen molar-refractivity contribution in [2.45, 2.75) is 44.6 Å². The molecule has 0 aromatic carbocycles. The number of aliphatic carboxylic acids is 1. The molecule has 1 unspecified atom stereocenters. The number of carboxylic acids is 1. The molecule has 0 radical (unpaired) electrons. The summed E-state index contributed by atoms with van der Waals surface area (Å²) < 4.78 is 5.13. The SMILES string of the molecule is COc1ccc(C(CC(=O)O)N2CC3(CC(Cc4ccc5c(n4)NCCC5)C3)C2)cn1. The van der Waals surface area contributed by atoms with Crippen LogP contribution in [0.2, 0.25) is 0 Å². The van der Waals surface area contributed by atoms with Gasteiger partial charge in [-0.1, -0.05) is 12.1 Å².